The van der Waals surface area contributed by atoms with Crippen molar-refractivity contribution >= 4 is 11.7 Å². The van der Waals surface area contributed by atoms with Gasteiger partial charge < -0.3 is 24.2 Å². The van der Waals surface area contributed by atoms with E-state index in [4.69, 9.17) is 14.2 Å². The largest absolute Gasteiger partial charge is 0.492 e. The second-order valence-corrected chi connectivity index (χ2v) is 7.26. The van der Waals surface area contributed by atoms with Crippen LogP contribution in [0.15, 0.2) is 78.9 Å². The summed E-state index contributed by atoms with van der Waals surface area (Å²) in [5.74, 6) is 1.21. The first kappa shape index (κ1) is 20.6. The summed E-state index contributed by atoms with van der Waals surface area (Å²) < 4.78 is 17.2. The molecule has 160 valence electrons. The highest BCUT2D eigenvalue weighted by atomic mass is 16.5. The van der Waals surface area contributed by atoms with E-state index in [0.717, 1.165) is 35.8 Å². The van der Waals surface area contributed by atoms with E-state index in [1.165, 1.54) is 0 Å². The Balaban J connectivity index is 1.29. The zero-order valence-corrected chi connectivity index (χ0v) is 17.1. The lowest BCUT2D eigenvalue weighted by Crippen LogP contribution is -2.35. The molecule has 6 nitrogen and oxygen atoms in total. The van der Waals surface area contributed by atoms with Crippen molar-refractivity contribution in [1.29, 1.82) is 0 Å². The molecule has 0 saturated carbocycles. The predicted octanol–water partition coefficient (Wildman–Crippen LogP) is 4.04. The van der Waals surface area contributed by atoms with Gasteiger partial charge in [0.25, 0.3) is 0 Å². The number of benzene rings is 3. The Hall–Kier alpha value is -3.67. The number of fused-ring (bicyclic) bond motifs is 1. The van der Waals surface area contributed by atoms with Gasteiger partial charge in [-0.3, -0.25) is 0 Å². The van der Waals surface area contributed by atoms with E-state index >= 15 is 0 Å². The molecular formula is C25H25NO5. The van der Waals surface area contributed by atoms with Gasteiger partial charge in [0.15, 0.2) is 6.10 Å². The number of carboxylic acids is 1. The molecule has 1 N–H and O–H groups in total. The lowest BCUT2D eigenvalue weighted by Gasteiger charge is -2.31. The minimum absolute atomic E-state index is 0.273. The van der Waals surface area contributed by atoms with Crippen molar-refractivity contribution in [2.75, 3.05) is 31.2 Å². The Morgan fingerprint density at radius 2 is 1.71 bits per heavy atom. The van der Waals surface area contributed by atoms with Crippen LogP contribution in [0.2, 0.25) is 0 Å². The number of carboxylic acid groups (broad SMARTS) is 1. The fraction of sp³-hybridized carbons (Fsp3) is 0.240. The number of carbonyl (C=O) groups is 1. The van der Waals surface area contributed by atoms with E-state index < -0.39 is 12.1 Å². The second-order valence-electron chi connectivity index (χ2n) is 7.26. The maximum Gasteiger partial charge on any atom is 0.345 e. The molecule has 1 aliphatic heterocycles. The molecule has 0 aromatic heterocycles. The number of hydrogen-bond acceptors (Lipinski definition) is 5. The van der Waals surface area contributed by atoms with E-state index in [0.29, 0.717) is 19.0 Å². The average molecular weight is 419 g/mol. The highest BCUT2D eigenvalue weighted by Gasteiger charge is 2.20. The summed E-state index contributed by atoms with van der Waals surface area (Å²) in [4.78, 5) is 13.8. The maximum absolute atomic E-state index is 11.6. The minimum Gasteiger partial charge on any atom is -0.492 e. The van der Waals surface area contributed by atoms with Gasteiger partial charge in [-0.2, -0.15) is 0 Å². The molecule has 0 radical (unpaired) electrons. The molecular weight excluding hydrogens is 394 g/mol. The number of para-hydroxylation sites is 3. The Morgan fingerprint density at radius 1 is 0.968 bits per heavy atom. The molecule has 0 aliphatic carbocycles. The average Bonchev–Trinajstić information content (AvgIpc) is 2.80. The lowest BCUT2D eigenvalue weighted by molar-refractivity contribution is -0.145. The van der Waals surface area contributed by atoms with Crippen LogP contribution in [0.25, 0.3) is 0 Å². The zero-order valence-electron chi connectivity index (χ0n) is 17.1. The lowest BCUT2D eigenvalue weighted by atomic mass is 10.1. The zero-order chi connectivity index (χ0) is 21.5. The summed E-state index contributed by atoms with van der Waals surface area (Å²) in [7, 11) is 0. The van der Waals surface area contributed by atoms with Crippen LogP contribution >= 0.6 is 0 Å². The molecule has 1 aliphatic rings. The van der Waals surface area contributed by atoms with Crippen LogP contribution < -0.4 is 19.1 Å². The van der Waals surface area contributed by atoms with Gasteiger partial charge in [0.05, 0.1) is 18.8 Å². The third-order valence-corrected chi connectivity index (χ3v) is 5.10. The van der Waals surface area contributed by atoms with Crippen molar-refractivity contribution in [3.8, 4) is 17.2 Å². The fourth-order valence-electron chi connectivity index (χ4n) is 3.51. The summed E-state index contributed by atoms with van der Waals surface area (Å²) >= 11 is 0. The van der Waals surface area contributed by atoms with Gasteiger partial charge in [-0.05, 0) is 42.0 Å². The van der Waals surface area contributed by atoms with Crippen LogP contribution in [0.3, 0.4) is 0 Å². The van der Waals surface area contributed by atoms with Crippen molar-refractivity contribution < 1.29 is 24.1 Å². The number of ether oxygens (including phenoxy) is 3. The number of rotatable bonds is 9. The van der Waals surface area contributed by atoms with Crippen molar-refractivity contribution in [1.82, 2.24) is 0 Å². The predicted molar refractivity (Wildman–Crippen MR) is 118 cm³/mol. The Morgan fingerprint density at radius 3 is 2.48 bits per heavy atom. The SMILES string of the molecule is O=C(O)C(Cc1ccc(OCCN2CCOc3ccccc32)cc1)Oc1ccccc1. The number of aliphatic carboxylic acids is 1. The summed E-state index contributed by atoms with van der Waals surface area (Å²) in [6, 6.07) is 24.5. The van der Waals surface area contributed by atoms with Gasteiger partial charge in [-0.1, -0.05) is 42.5 Å². The van der Waals surface area contributed by atoms with Crippen LogP contribution in [-0.2, 0) is 11.2 Å². The van der Waals surface area contributed by atoms with Crippen LogP contribution in [0.1, 0.15) is 5.56 Å². The van der Waals surface area contributed by atoms with Gasteiger partial charge in [0.1, 0.15) is 30.5 Å². The minimum atomic E-state index is -0.991. The Bertz CT molecular complexity index is 990. The molecule has 0 fully saturated rings. The molecule has 1 unspecified atom stereocenters. The first-order valence-corrected chi connectivity index (χ1v) is 10.3. The van der Waals surface area contributed by atoms with Crippen LogP contribution in [-0.4, -0.2) is 43.5 Å². The van der Waals surface area contributed by atoms with E-state index in [1.54, 1.807) is 12.1 Å². The quantitative estimate of drug-likeness (QED) is 0.565. The summed E-state index contributed by atoms with van der Waals surface area (Å²) in [6.45, 7) is 2.80. The Kier molecular flexibility index (Phi) is 6.57. The standard InChI is InChI=1S/C25H25NO5/c27-25(28)24(31-21-6-2-1-3-7-21)18-19-10-12-20(13-11-19)29-16-14-26-15-17-30-23-9-5-4-8-22(23)26/h1-13,24H,14-18H2,(H,27,28). The van der Waals surface area contributed by atoms with Gasteiger partial charge in [0, 0.05) is 6.42 Å². The van der Waals surface area contributed by atoms with Gasteiger partial charge in [-0.15, -0.1) is 0 Å². The van der Waals surface area contributed by atoms with Gasteiger partial charge in [-0.25, -0.2) is 4.79 Å². The van der Waals surface area contributed by atoms with Crippen LogP contribution in [0.4, 0.5) is 5.69 Å². The molecule has 4 rings (SSSR count). The third-order valence-electron chi connectivity index (χ3n) is 5.10. The molecule has 0 amide bonds. The number of nitrogens with zero attached hydrogens (tertiary/aromatic N) is 1. The van der Waals surface area contributed by atoms with Gasteiger partial charge in [0.2, 0.25) is 0 Å². The smallest absolute Gasteiger partial charge is 0.345 e. The summed E-state index contributed by atoms with van der Waals surface area (Å²) in [5, 5.41) is 9.50. The molecule has 1 atom stereocenters. The third kappa shape index (κ3) is 5.48. The van der Waals surface area contributed by atoms with Crippen molar-refractivity contribution in [3.63, 3.8) is 0 Å². The second kappa shape index (κ2) is 9.89. The topological polar surface area (TPSA) is 68.2 Å². The number of hydrogen-bond donors (Lipinski definition) is 1. The highest BCUT2D eigenvalue weighted by molar-refractivity contribution is 5.73. The molecule has 3 aromatic carbocycles. The van der Waals surface area contributed by atoms with Crippen LogP contribution in [0, 0.1) is 0 Å². The molecule has 0 spiro atoms. The number of anilines is 1. The molecule has 31 heavy (non-hydrogen) atoms. The summed E-state index contributed by atoms with van der Waals surface area (Å²) in [6.07, 6.45) is -0.676. The molecule has 3 aromatic rings. The molecule has 0 bridgehead atoms. The van der Waals surface area contributed by atoms with Crippen molar-refractivity contribution in [2.24, 2.45) is 0 Å². The van der Waals surface area contributed by atoms with E-state index in [2.05, 4.69) is 11.0 Å². The highest BCUT2D eigenvalue weighted by Crippen LogP contribution is 2.30. The maximum atomic E-state index is 11.6. The monoisotopic (exact) mass is 419 g/mol. The molecule has 6 heteroatoms. The van der Waals surface area contributed by atoms with E-state index in [-0.39, 0.29) is 6.42 Å². The van der Waals surface area contributed by atoms with Crippen molar-refractivity contribution in [2.45, 2.75) is 12.5 Å². The normalized spacial score (nSPS) is 13.6. The van der Waals surface area contributed by atoms with E-state index in [9.17, 15) is 9.90 Å². The van der Waals surface area contributed by atoms with Crippen LogP contribution in [0.5, 0.6) is 17.2 Å². The van der Waals surface area contributed by atoms with Crippen molar-refractivity contribution in [3.05, 3.63) is 84.4 Å². The first-order valence-electron chi connectivity index (χ1n) is 10.3. The fourth-order valence-corrected chi connectivity index (χ4v) is 3.51. The molecule has 0 saturated heterocycles. The Labute approximate surface area is 181 Å². The van der Waals surface area contributed by atoms with Gasteiger partial charge >= 0.3 is 5.97 Å². The first-order chi connectivity index (χ1) is 15.2. The summed E-state index contributed by atoms with van der Waals surface area (Å²) in [5.41, 5.74) is 1.96. The van der Waals surface area contributed by atoms with E-state index in [1.807, 2.05) is 60.7 Å². The molecule has 1 heterocycles.